The van der Waals surface area contributed by atoms with Crippen LogP contribution in [0.25, 0.3) is 11.2 Å². The van der Waals surface area contributed by atoms with Crippen LogP contribution in [0.5, 0.6) is 0 Å². The fourth-order valence-electron chi connectivity index (χ4n) is 2.11. The van der Waals surface area contributed by atoms with Gasteiger partial charge in [-0.3, -0.25) is 0 Å². The van der Waals surface area contributed by atoms with Gasteiger partial charge in [-0.25, -0.2) is 15.0 Å². The van der Waals surface area contributed by atoms with Gasteiger partial charge in [-0.1, -0.05) is 0 Å². The van der Waals surface area contributed by atoms with E-state index in [1.54, 1.807) is 17.5 Å². The molecule has 0 aliphatic rings. The first kappa shape index (κ1) is 14.0. The van der Waals surface area contributed by atoms with E-state index in [2.05, 4.69) is 35.4 Å². The van der Waals surface area contributed by atoms with Crippen molar-refractivity contribution < 1.29 is 0 Å². The predicted octanol–water partition coefficient (Wildman–Crippen LogP) is 4.19. The fraction of sp³-hybridized carbons (Fsp3) is 0.308. The number of imidazole rings is 1. The molecule has 20 heavy (non-hydrogen) atoms. The Morgan fingerprint density at radius 3 is 3.00 bits per heavy atom. The molecule has 3 aromatic rings. The predicted molar refractivity (Wildman–Crippen MR) is 85.3 cm³/mol. The highest BCUT2D eigenvalue weighted by molar-refractivity contribution is 9.10. The van der Waals surface area contributed by atoms with Crippen molar-refractivity contribution in [3.8, 4) is 0 Å². The van der Waals surface area contributed by atoms with Crippen molar-refractivity contribution in [1.29, 1.82) is 0 Å². The molecule has 7 heteroatoms. The van der Waals surface area contributed by atoms with Crippen LogP contribution in [-0.2, 0) is 13.0 Å². The second kappa shape index (κ2) is 5.79. The second-order valence-electron chi connectivity index (χ2n) is 4.41. The number of halogens is 2. The summed E-state index contributed by atoms with van der Waals surface area (Å²) in [7, 11) is 0. The van der Waals surface area contributed by atoms with Gasteiger partial charge in [0.15, 0.2) is 5.65 Å². The summed E-state index contributed by atoms with van der Waals surface area (Å²) in [5.41, 5.74) is 1.73. The van der Waals surface area contributed by atoms with Crippen LogP contribution < -0.4 is 0 Å². The lowest BCUT2D eigenvalue weighted by molar-refractivity contribution is 0.661. The molecule has 3 rings (SSSR count). The lowest BCUT2D eigenvalue weighted by Gasteiger charge is -2.08. The maximum absolute atomic E-state index is 6.24. The number of alkyl halides is 1. The van der Waals surface area contributed by atoms with Crippen LogP contribution in [0.15, 0.2) is 28.3 Å². The highest BCUT2D eigenvalue weighted by Gasteiger charge is 2.16. The van der Waals surface area contributed by atoms with Gasteiger partial charge in [-0.15, -0.1) is 22.9 Å². The first-order valence-electron chi connectivity index (χ1n) is 6.19. The average Bonchev–Trinajstić information content (AvgIpc) is 3.02. The van der Waals surface area contributed by atoms with Gasteiger partial charge in [0.05, 0.1) is 10.4 Å². The van der Waals surface area contributed by atoms with Crippen LogP contribution in [0, 0.1) is 0 Å². The Morgan fingerprint density at radius 2 is 2.30 bits per heavy atom. The standard InChI is InChI=1S/C13H12BrClN4S/c1-8(15)12-18-10-6-9(14)7-17-13(10)19(12)4-2-11-16-3-5-20-11/h3,5-8H,2,4H2,1H3. The van der Waals surface area contributed by atoms with Gasteiger partial charge in [0.2, 0.25) is 0 Å². The van der Waals surface area contributed by atoms with Gasteiger partial charge in [0.1, 0.15) is 11.3 Å². The Labute approximate surface area is 134 Å². The molecule has 0 saturated heterocycles. The molecule has 4 nitrogen and oxygen atoms in total. The minimum absolute atomic E-state index is 0.153. The topological polar surface area (TPSA) is 43.6 Å². The SMILES string of the molecule is CC(Cl)c1nc2cc(Br)cnc2n1CCc1nccs1. The molecule has 0 N–H and O–H groups in total. The molecule has 1 unspecified atom stereocenters. The Hall–Kier alpha value is -0.980. The van der Waals surface area contributed by atoms with Crippen LogP contribution in [0.2, 0.25) is 0 Å². The summed E-state index contributed by atoms with van der Waals surface area (Å²) in [6.45, 7) is 2.71. The molecule has 3 heterocycles. The molecule has 0 aliphatic heterocycles. The molecule has 0 amide bonds. The molecule has 104 valence electrons. The molecule has 0 aromatic carbocycles. The van der Waals surface area contributed by atoms with Crippen molar-refractivity contribution in [2.45, 2.75) is 25.3 Å². The number of aromatic nitrogens is 4. The summed E-state index contributed by atoms with van der Waals surface area (Å²) < 4.78 is 3.00. The van der Waals surface area contributed by atoms with Crippen molar-refractivity contribution in [2.75, 3.05) is 0 Å². The van der Waals surface area contributed by atoms with E-state index in [-0.39, 0.29) is 5.38 Å². The summed E-state index contributed by atoms with van der Waals surface area (Å²) >= 11 is 11.3. The van der Waals surface area contributed by atoms with E-state index in [1.807, 2.05) is 24.6 Å². The van der Waals surface area contributed by atoms with Gasteiger partial charge < -0.3 is 4.57 Å². The Kier molecular flexibility index (Phi) is 4.05. The minimum Gasteiger partial charge on any atom is -0.311 e. The molecular weight excluding hydrogens is 360 g/mol. The maximum Gasteiger partial charge on any atom is 0.160 e. The molecule has 1 atom stereocenters. The van der Waals surface area contributed by atoms with Crippen LogP contribution in [0.4, 0.5) is 0 Å². The molecule has 3 aromatic heterocycles. The number of fused-ring (bicyclic) bond motifs is 1. The summed E-state index contributed by atoms with van der Waals surface area (Å²) in [6, 6.07) is 1.96. The summed E-state index contributed by atoms with van der Waals surface area (Å²) in [4.78, 5) is 13.4. The largest absolute Gasteiger partial charge is 0.311 e. The normalized spacial score (nSPS) is 12.9. The molecule has 0 fully saturated rings. The molecule has 0 bridgehead atoms. The van der Waals surface area contributed by atoms with E-state index in [1.165, 1.54) is 0 Å². The maximum atomic E-state index is 6.24. The van der Waals surface area contributed by atoms with E-state index < -0.39 is 0 Å². The third kappa shape index (κ3) is 2.73. The zero-order chi connectivity index (χ0) is 14.1. The number of aryl methyl sites for hydroxylation is 2. The lowest BCUT2D eigenvalue weighted by Crippen LogP contribution is -2.07. The zero-order valence-electron chi connectivity index (χ0n) is 10.8. The number of thiazole rings is 1. The zero-order valence-corrected chi connectivity index (χ0v) is 13.9. The van der Waals surface area contributed by atoms with E-state index in [0.717, 1.165) is 39.4 Å². The van der Waals surface area contributed by atoms with Crippen LogP contribution >= 0.6 is 38.9 Å². The second-order valence-corrected chi connectivity index (χ2v) is 6.96. The van der Waals surface area contributed by atoms with Crippen molar-refractivity contribution in [3.05, 3.63) is 39.1 Å². The Balaban J connectivity index is 2.00. The molecule has 0 radical (unpaired) electrons. The quantitative estimate of drug-likeness (QED) is 0.646. The third-order valence-corrected chi connectivity index (χ3v) is 4.44. The first-order chi connectivity index (χ1) is 9.65. The van der Waals surface area contributed by atoms with Gasteiger partial charge in [-0.2, -0.15) is 0 Å². The summed E-state index contributed by atoms with van der Waals surface area (Å²) in [5.74, 6) is 0.851. The molecule has 0 spiro atoms. The summed E-state index contributed by atoms with van der Waals surface area (Å²) in [5, 5.41) is 2.94. The van der Waals surface area contributed by atoms with Crippen molar-refractivity contribution >= 4 is 50.0 Å². The van der Waals surface area contributed by atoms with Gasteiger partial charge in [0, 0.05) is 35.2 Å². The van der Waals surface area contributed by atoms with Gasteiger partial charge in [0.25, 0.3) is 0 Å². The van der Waals surface area contributed by atoms with E-state index in [9.17, 15) is 0 Å². The first-order valence-corrected chi connectivity index (χ1v) is 8.30. The monoisotopic (exact) mass is 370 g/mol. The lowest BCUT2D eigenvalue weighted by atomic mass is 10.4. The average molecular weight is 372 g/mol. The molecular formula is C13H12BrClN4S. The smallest absolute Gasteiger partial charge is 0.160 e. The Morgan fingerprint density at radius 1 is 1.45 bits per heavy atom. The highest BCUT2D eigenvalue weighted by Crippen LogP contribution is 2.25. The number of nitrogens with zero attached hydrogens (tertiary/aromatic N) is 4. The van der Waals surface area contributed by atoms with Crippen LogP contribution in [-0.4, -0.2) is 19.5 Å². The fourth-order valence-corrected chi connectivity index (χ4v) is 3.21. The molecule has 0 saturated carbocycles. The van der Waals surface area contributed by atoms with Crippen molar-refractivity contribution in [3.63, 3.8) is 0 Å². The van der Waals surface area contributed by atoms with E-state index in [4.69, 9.17) is 11.6 Å². The van der Waals surface area contributed by atoms with Crippen molar-refractivity contribution in [1.82, 2.24) is 19.5 Å². The number of hydrogen-bond acceptors (Lipinski definition) is 4. The van der Waals surface area contributed by atoms with Crippen molar-refractivity contribution in [2.24, 2.45) is 0 Å². The highest BCUT2D eigenvalue weighted by atomic mass is 79.9. The number of pyridine rings is 1. The number of hydrogen-bond donors (Lipinski definition) is 0. The molecule has 0 aliphatic carbocycles. The third-order valence-electron chi connectivity index (χ3n) is 2.97. The van der Waals surface area contributed by atoms with Crippen LogP contribution in [0.1, 0.15) is 23.1 Å². The van der Waals surface area contributed by atoms with Gasteiger partial charge in [-0.05, 0) is 28.9 Å². The number of rotatable bonds is 4. The van der Waals surface area contributed by atoms with E-state index >= 15 is 0 Å². The van der Waals surface area contributed by atoms with Gasteiger partial charge >= 0.3 is 0 Å². The van der Waals surface area contributed by atoms with Crippen LogP contribution in [0.3, 0.4) is 0 Å². The minimum atomic E-state index is -0.153. The van der Waals surface area contributed by atoms with E-state index in [0.29, 0.717) is 0 Å². The summed E-state index contributed by atoms with van der Waals surface area (Å²) in [6.07, 6.45) is 4.47. The Bertz CT molecular complexity index is 723.